The van der Waals surface area contributed by atoms with Crippen LogP contribution in [0.1, 0.15) is 31.0 Å². The van der Waals surface area contributed by atoms with Crippen LogP contribution in [0.4, 0.5) is 0 Å². The Bertz CT molecular complexity index is 1320. The number of rotatable bonds is 5. The number of nitrogens with zero attached hydrogens (tertiary/aromatic N) is 5. The van der Waals surface area contributed by atoms with Gasteiger partial charge in [-0.05, 0) is 44.5 Å². The van der Waals surface area contributed by atoms with Crippen LogP contribution in [0.5, 0.6) is 5.75 Å². The van der Waals surface area contributed by atoms with Gasteiger partial charge >= 0.3 is 0 Å². The van der Waals surface area contributed by atoms with Crippen molar-refractivity contribution in [1.82, 2.24) is 29.3 Å². The number of aryl methyl sites for hydroxylation is 1. The summed E-state index contributed by atoms with van der Waals surface area (Å²) in [7, 11) is 0. The van der Waals surface area contributed by atoms with Crippen LogP contribution in [0.3, 0.4) is 0 Å². The van der Waals surface area contributed by atoms with Crippen LogP contribution in [0.2, 0.25) is 0 Å². The summed E-state index contributed by atoms with van der Waals surface area (Å²) >= 11 is 1.71. The molecule has 0 aromatic carbocycles. The van der Waals surface area contributed by atoms with E-state index >= 15 is 0 Å². The summed E-state index contributed by atoms with van der Waals surface area (Å²) < 4.78 is 8.98. The first-order valence-electron chi connectivity index (χ1n) is 11.5. The lowest BCUT2D eigenvalue weighted by Crippen LogP contribution is -2.46. The third-order valence-electron chi connectivity index (χ3n) is 6.91. The average molecular weight is 539 g/mol. The zero-order valence-corrected chi connectivity index (χ0v) is 21.5. The maximum absolute atomic E-state index is 12.7. The number of pyridine rings is 2. The van der Waals surface area contributed by atoms with Crippen molar-refractivity contribution < 1.29 is 4.74 Å². The molecule has 6 rings (SSSR count). The number of nitrogens with one attached hydrogen (secondary N) is 1. The standard InChI is InChI=1S/C23H26N6O3S.2ClH/c30-21-2-1-18-23-28(22(31)12-26-18)8-5-17(29(21)23)13-27-6-3-15(4-7-27)24-10-16-9-20-19(11-25-16)32-14-33-20;;/h1-2,9,11-12,15,17,24H,3-8,10,13-14H2;2*1H/t17-;;/m0../s1. The Morgan fingerprint density at radius 3 is 2.69 bits per heavy atom. The second-order valence-corrected chi connectivity index (χ2v) is 9.89. The summed E-state index contributed by atoms with van der Waals surface area (Å²) in [5, 5.41) is 3.66. The quantitative estimate of drug-likeness (QED) is 0.529. The first kappa shape index (κ1) is 26.0. The molecule has 0 spiro atoms. The third kappa shape index (κ3) is 5.08. The molecule has 3 aromatic heterocycles. The Labute approximate surface area is 219 Å². The van der Waals surface area contributed by atoms with Crippen molar-refractivity contribution >= 4 is 47.7 Å². The molecule has 0 radical (unpaired) electrons. The van der Waals surface area contributed by atoms with Gasteiger partial charge in [0.05, 0.1) is 29.0 Å². The Balaban J connectivity index is 0.00000144. The molecule has 3 aliphatic heterocycles. The van der Waals surface area contributed by atoms with Crippen LogP contribution >= 0.6 is 36.6 Å². The van der Waals surface area contributed by atoms with Crippen molar-refractivity contribution in [2.24, 2.45) is 0 Å². The van der Waals surface area contributed by atoms with Crippen molar-refractivity contribution in [3.05, 3.63) is 57.0 Å². The number of hydrogen-bond donors (Lipinski definition) is 1. The molecule has 3 aromatic rings. The molecular formula is C23H28Cl2N6O3S. The first-order valence-corrected chi connectivity index (χ1v) is 12.5. The molecule has 1 atom stereocenters. The van der Waals surface area contributed by atoms with Gasteiger partial charge in [-0.1, -0.05) is 11.8 Å². The summed E-state index contributed by atoms with van der Waals surface area (Å²) in [6, 6.07) is 5.92. The molecule has 12 heteroatoms. The highest BCUT2D eigenvalue weighted by Gasteiger charge is 2.27. The largest absolute Gasteiger partial charge is 0.480 e. The van der Waals surface area contributed by atoms with Crippen LogP contribution in [0.15, 0.2) is 45.1 Å². The molecule has 35 heavy (non-hydrogen) atoms. The zero-order valence-electron chi connectivity index (χ0n) is 19.1. The smallest absolute Gasteiger partial charge is 0.270 e. The summed E-state index contributed by atoms with van der Waals surface area (Å²) in [6.07, 6.45) is 6.07. The topological polar surface area (TPSA) is 94.3 Å². The lowest BCUT2D eigenvalue weighted by Gasteiger charge is -2.36. The maximum atomic E-state index is 12.7. The Hall–Kier alpha value is -2.11. The number of ether oxygens (including phenoxy) is 1. The van der Waals surface area contributed by atoms with Crippen LogP contribution in [0, 0.1) is 0 Å². The molecule has 1 N–H and O–H groups in total. The van der Waals surface area contributed by atoms with E-state index in [-0.39, 0.29) is 42.0 Å². The monoisotopic (exact) mass is 538 g/mol. The number of fused-ring (bicyclic) bond motifs is 1. The summed E-state index contributed by atoms with van der Waals surface area (Å²) in [6.45, 7) is 4.18. The van der Waals surface area contributed by atoms with Gasteiger partial charge in [-0.2, -0.15) is 0 Å². The van der Waals surface area contributed by atoms with Crippen LogP contribution in [-0.2, 0) is 13.1 Å². The molecule has 0 amide bonds. The van der Waals surface area contributed by atoms with E-state index in [1.807, 2.05) is 6.20 Å². The van der Waals surface area contributed by atoms with E-state index in [1.54, 1.807) is 33.0 Å². The SMILES string of the molecule is Cl.Cl.O=c1cnc2ccc(=O)n3c2n1CC[C@H]3CN1CCC(NCc2cc3c(cn2)OCS3)CC1. The Kier molecular flexibility index (Phi) is 8.07. The first-order chi connectivity index (χ1) is 16.2. The number of hydrogen-bond acceptors (Lipinski definition) is 8. The van der Waals surface area contributed by atoms with Gasteiger partial charge in [0, 0.05) is 31.7 Å². The number of thioether (sulfide) groups is 1. The van der Waals surface area contributed by atoms with E-state index in [0.717, 1.165) is 56.9 Å². The summed E-state index contributed by atoms with van der Waals surface area (Å²) in [5.41, 5.74) is 2.21. The Morgan fingerprint density at radius 1 is 1.03 bits per heavy atom. The second-order valence-electron chi connectivity index (χ2n) is 8.93. The van der Waals surface area contributed by atoms with Gasteiger partial charge in [0.2, 0.25) is 0 Å². The average Bonchev–Trinajstić information content (AvgIpc) is 3.31. The normalized spacial score (nSPS) is 19.5. The van der Waals surface area contributed by atoms with Gasteiger partial charge in [-0.3, -0.25) is 23.7 Å². The predicted molar refractivity (Wildman–Crippen MR) is 140 cm³/mol. The summed E-state index contributed by atoms with van der Waals surface area (Å²) in [4.78, 5) is 37.4. The second kappa shape index (κ2) is 10.9. The van der Waals surface area contributed by atoms with Crippen molar-refractivity contribution in [1.29, 1.82) is 0 Å². The van der Waals surface area contributed by atoms with Crippen LogP contribution in [-0.4, -0.2) is 55.6 Å². The summed E-state index contributed by atoms with van der Waals surface area (Å²) in [5.74, 6) is 1.56. The highest BCUT2D eigenvalue weighted by atomic mass is 35.5. The van der Waals surface area contributed by atoms with E-state index in [1.165, 1.54) is 11.1 Å². The molecule has 0 saturated carbocycles. The van der Waals surface area contributed by atoms with Gasteiger partial charge < -0.3 is 15.0 Å². The van der Waals surface area contributed by atoms with E-state index in [4.69, 9.17) is 4.74 Å². The van der Waals surface area contributed by atoms with Crippen LogP contribution < -0.4 is 21.2 Å². The molecule has 0 aliphatic carbocycles. The van der Waals surface area contributed by atoms with Crippen LogP contribution in [0.25, 0.3) is 11.2 Å². The molecular weight excluding hydrogens is 511 g/mol. The van der Waals surface area contributed by atoms with E-state index in [9.17, 15) is 9.59 Å². The molecule has 1 saturated heterocycles. The van der Waals surface area contributed by atoms with E-state index < -0.39 is 0 Å². The predicted octanol–water partition coefficient (Wildman–Crippen LogP) is 2.44. The molecule has 0 unspecified atom stereocenters. The van der Waals surface area contributed by atoms with Crippen molar-refractivity contribution in [2.45, 2.75) is 49.3 Å². The Morgan fingerprint density at radius 2 is 1.86 bits per heavy atom. The van der Waals surface area contributed by atoms with Gasteiger partial charge in [-0.25, -0.2) is 4.98 Å². The van der Waals surface area contributed by atoms with Gasteiger partial charge in [0.25, 0.3) is 11.1 Å². The fraction of sp³-hybridized carbons (Fsp3) is 0.478. The fourth-order valence-electron chi connectivity index (χ4n) is 5.16. The van der Waals surface area contributed by atoms with E-state index in [2.05, 4.69) is 26.3 Å². The van der Waals surface area contributed by atoms with Crippen molar-refractivity contribution in [2.75, 3.05) is 25.6 Å². The molecule has 0 bridgehead atoms. The number of piperidine rings is 1. The molecule has 1 fully saturated rings. The molecule has 188 valence electrons. The van der Waals surface area contributed by atoms with Gasteiger partial charge in [0.15, 0.2) is 5.75 Å². The fourth-order valence-corrected chi connectivity index (χ4v) is 5.94. The zero-order chi connectivity index (χ0) is 22.4. The lowest BCUT2D eigenvalue weighted by atomic mass is 10.0. The highest BCUT2D eigenvalue weighted by Crippen LogP contribution is 2.35. The highest BCUT2D eigenvalue weighted by molar-refractivity contribution is 7.99. The molecule has 3 aliphatic rings. The van der Waals surface area contributed by atoms with Gasteiger partial charge in [0.1, 0.15) is 17.1 Å². The molecule has 6 heterocycles. The van der Waals surface area contributed by atoms with Crippen molar-refractivity contribution in [3.8, 4) is 5.75 Å². The third-order valence-corrected chi connectivity index (χ3v) is 7.78. The minimum atomic E-state index is -0.142. The minimum absolute atomic E-state index is 0. The number of halogens is 2. The van der Waals surface area contributed by atoms with Crippen molar-refractivity contribution in [3.63, 3.8) is 0 Å². The molecule has 9 nitrogen and oxygen atoms in total. The minimum Gasteiger partial charge on any atom is -0.480 e. The number of aromatic nitrogens is 4. The van der Waals surface area contributed by atoms with Gasteiger partial charge in [-0.15, -0.1) is 24.8 Å². The lowest BCUT2D eigenvalue weighted by molar-refractivity contribution is 0.163. The van der Waals surface area contributed by atoms with E-state index in [0.29, 0.717) is 29.7 Å². The number of likely N-dealkylation sites (tertiary alicyclic amines) is 1. The maximum Gasteiger partial charge on any atom is 0.270 e.